The van der Waals surface area contributed by atoms with Crippen LogP contribution in [0.1, 0.15) is 13.3 Å². The molecule has 0 heterocycles. The third kappa shape index (κ3) is 5.06. The van der Waals surface area contributed by atoms with Crippen LogP contribution in [0.4, 0.5) is 5.69 Å². The molecule has 96 valence electrons. The Morgan fingerprint density at radius 1 is 1.35 bits per heavy atom. The quantitative estimate of drug-likeness (QED) is 0.714. The molecule has 0 fully saturated rings. The molecular formula is C11H18N2O3S. The normalized spacial score (nSPS) is 11.4. The first-order chi connectivity index (χ1) is 8.05. The van der Waals surface area contributed by atoms with Gasteiger partial charge in [0.2, 0.25) is 10.0 Å². The first-order valence-corrected chi connectivity index (χ1v) is 7.15. The molecule has 0 spiro atoms. The molecule has 0 radical (unpaired) electrons. The molecule has 0 saturated carbocycles. The highest BCUT2D eigenvalue weighted by molar-refractivity contribution is 7.89. The molecule has 0 aliphatic rings. The predicted molar refractivity (Wildman–Crippen MR) is 68.4 cm³/mol. The summed E-state index contributed by atoms with van der Waals surface area (Å²) in [4.78, 5) is 0. The van der Waals surface area contributed by atoms with E-state index in [9.17, 15) is 8.42 Å². The fraction of sp³-hybridized carbons (Fsp3) is 0.455. The van der Waals surface area contributed by atoms with E-state index in [-0.39, 0.29) is 12.4 Å². The maximum Gasteiger partial charge on any atom is 0.214 e. The van der Waals surface area contributed by atoms with Crippen molar-refractivity contribution in [1.29, 1.82) is 0 Å². The minimum absolute atomic E-state index is 0.0681. The van der Waals surface area contributed by atoms with Gasteiger partial charge in [-0.15, -0.1) is 0 Å². The van der Waals surface area contributed by atoms with Gasteiger partial charge in [0.05, 0.1) is 11.4 Å². The fourth-order valence-corrected chi connectivity index (χ4v) is 2.17. The maximum absolute atomic E-state index is 11.4. The summed E-state index contributed by atoms with van der Waals surface area (Å²) in [5.74, 6) is 0.444. The van der Waals surface area contributed by atoms with Gasteiger partial charge in [0.1, 0.15) is 12.4 Å². The molecule has 17 heavy (non-hydrogen) atoms. The number of nitrogens with two attached hydrogens (primary N) is 1. The summed E-state index contributed by atoms with van der Waals surface area (Å²) in [6.45, 7) is 2.45. The van der Waals surface area contributed by atoms with Crippen molar-refractivity contribution >= 4 is 15.7 Å². The number of hydrogen-bond acceptors (Lipinski definition) is 4. The van der Waals surface area contributed by atoms with Crippen LogP contribution in [0.25, 0.3) is 0 Å². The first kappa shape index (κ1) is 13.8. The van der Waals surface area contributed by atoms with E-state index in [0.717, 1.165) is 6.42 Å². The van der Waals surface area contributed by atoms with Gasteiger partial charge in [-0.1, -0.05) is 19.1 Å². The molecule has 0 aliphatic carbocycles. The van der Waals surface area contributed by atoms with E-state index in [0.29, 0.717) is 18.0 Å². The van der Waals surface area contributed by atoms with Gasteiger partial charge in [-0.2, -0.15) is 0 Å². The number of nitrogens with one attached hydrogen (secondary N) is 1. The Hall–Kier alpha value is -1.27. The summed E-state index contributed by atoms with van der Waals surface area (Å²) >= 11 is 0. The largest absolute Gasteiger partial charge is 0.490 e. The molecule has 1 rings (SSSR count). The molecule has 0 aliphatic heterocycles. The first-order valence-electron chi connectivity index (χ1n) is 5.50. The van der Waals surface area contributed by atoms with Crippen LogP contribution in [0.15, 0.2) is 24.3 Å². The van der Waals surface area contributed by atoms with Gasteiger partial charge in [-0.25, -0.2) is 13.1 Å². The second kappa shape index (κ2) is 6.46. The molecule has 0 saturated heterocycles. The Balaban J connectivity index is 2.40. The topological polar surface area (TPSA) is 81.4 Å². The lowest BCUT2D eigenvalue weighted by Crippen LogP contribution is -2.29. The van der Waals surface area contributed by atoms with Crippen LogP contribution in [0.5, 0.6) is 5.75 Å². The van der Waals surface area contributed by atoms with Gasteiger partial charge in [0.15, 0.2) is 0 Å². The highest BCUT2D eigenvalue weighted by Gasteiger charge is 2.09. The number of para-hydroxylation sites is 2. The van der Waals surface area contributed by atoms with Crippen molar-refractivity contribution in [1.82, 2.24) is 4.72 Å². The van der Waals surface area contributed by atoms with Crippen LogP contribution in [0, 0.1) is 0 Å². The smallest absolute Gasteiger partial charge is 0.214 e. The van der Waals surface area contributed by atoms with Crippen LogP contribution >= 0.6 is 0 Å². The molecule has 0 amide bonds. The minimum atomic E-state index is -3.24. The van der Waals surface area contributed by atoms with Crippen LogP contribution in [0.2, 0.25) is 0 Å². The number of hydrogen-bond donors (Lipinski definition) is 2. The van der Waals surface area contributed by atoms with Gasteiger partial charge >= 0.3 is 0 Å². The van der Waals surface area contributed by atoms with Crippen molar-refractivity contribution in [3.8, 4) is 5.75 Å². The van der Waals surface area contributed by atoms with Crippen LogP contribution in [-0.4, -0.2) is 27.3 Å². The van der Waals surface area contributed by atoms with Crippen LogP contribution < -0.4 is 15.2 Å². The van der Waals surface area contributed by atoms with Crippen LogP contribution in [0.3, 0.4) is 0 Å². The highest BCUT2D eigenvalue weighted by Crippen LogP contribution is 2.19. The summed E-state index contributed by atoms with van der Waals surface area (Å²) in [6, 6.07) is 7.00. The van der Waals surface area contributed by atoms with Gasteiger partial charge in [-0.3, -0.25) is 0 Å². The average Bonchev–Trinajstić information content (AvgIpc) is 2.29. The summed E-state index contributed by atoms with van der Waals surface area (Å²) in [5.41, 5.74) is 6.17. The van der Waals surface area contributed by atoms with Crippen LogP contribution in [-0.2, 0) is 10.0 Å². The number of sulfonamides is 1. The lowest BCUT2D eigenvalue weighted by molar-refractivity contribution is 0.342. The van der Waals surface area contributed by atoms with E-state index in [1.54, 1.807) is 24.3 Å². The van der Waals surface area contributed by atoms with E-state index in [1.165, 1.54) is 0 Å². The Bertz CT molecular complexity index is 446. The van der Waals surface area contributed by atoms with E-state index in [4.69, 9.17) is 10.5 Å². The lowest BCUT2D eigenvalue weighted by Gasteiger charge is -2.09. The number of rotatable bonds is 7. The minimum Gasteiger partial charge on any atom is -0.490 e. The molecule has 0 bridgehead atoms. The molecule has 6 heteroatoms. The van der Waals surface area contributed by atoms with Crippen molar-refractivity contribution in [2.75, 3.05) is 24.6 Å². The summed E-state index contributed by atoms with van der Waals surface area (Å²) in [7, 11) is -3.24. The molecule has 0 unspecified atom stereocenters. The fourth-order valence-electron chi connectivity index (χ4n) is 1.20. The zero-order chi connectivity index (χ0) is 12.7. The Labute approximate surface area is 102 Å². The van der Waals surface area contributed by atoms with Gasteiger partial charge in [0, 0.05) is 6.54 Å². The van der Waals surface area contributed by atoms with E-state index in [1.807, 2.05) is 6.92 Å². The van der Waals surface area contributed by atoms with Crippen molar-refractivity contribution in [2.24, 2.45) is 0 Å². The summed E-state index contributed by atoms with van der Waals surface area (Å²) in [6.07, 6.45) is 0.770. The second-order valence-electron chi connectivity index (χ2n) is 3.60. The number of ether oxygens (including phenoxy) is 1. The van der Waals surface area contributed by atoms with Gasteiger partial charge < -0.3 is 10.5 Å². The standard InChI is InChI=1S/C11H18N2O3S/c1-2-7-13-17(14,15)9-8-16-11-6-4-3-5-10(11)12/h3-6,13H,2,7-9,12H2,1H3. The zero-order valence-electron chi connectivity index (χ0n) is 9.85. The molecule has 3 N–H and O–H groups in total. The Morgan fingerprint density at radius 2 is 2.06 bits per heavy atom. The SMILES string of the molecule is CCCNS(=O)(=O)CCOc1ccccc1N. The maximum atomic E-state index is 11.4. The highest BCUT2D eigenvalue weighted by atomic mass is 32.2. The van der Waals surface area contributed by atoms with E-state index in [2.05, 4.69) is 4.72 Å². The third-order valence-corrected chi connectivity index (χ3v) is 3.45. The number of anilines is 1. The zero-order valence-corrected chi connectivity index (χ0v) is 10.7. The summed E-state index contributed by atoms with van der Waals surface area (Å²) < 4.78 is 30.7. The van der Waals surface area contributed by atoms with Gasteiger partial charge in [0.25, 0.3) is 0 Å². The van der Waals surface area contributed by atoms with Gasteiger partial charge in [-0.05, 0) is 18.6 Å². The Kier molecular flexibility index (Phi) is 5.24. The average molecular weight is 258 g/mol. The van der Waals surface area contributed by atoms with Crippen molar-refractivity contribution in [3.05, 3.63) is 24.3 Å². The van der Waals surface area contributed by atoms with E-state index < -0.39 is 10.0 Å². The third-order valence-electron chi connectivity index (χ3n) is 2.10. The lowest BCUT2D eigenvalue weighted by atomic mass is 10.3. The van der Waals surface area contributed by atoms with E-state index >= 15 is 0 Å². The summed E-state index contributed by atoms with van der Waals surface area (Å²) in [5, 5.41) is 0. The molecule has 1 aromatic carbocycles. The monoisotopic (exact) mass is 258 g/mol. The molecule has 5 nitrogen and oxygen atoms in total. The number of benzene rings is 1. The van der Waals surface area contributed by atoms with Crippen molar-refractivity contribution < 1.29 is 13.2 Å². The predicted octanol–water partition coefficient (Wildman–Crippen LogP) is 0.977. The van der Waals surface area contributed by atoms with Crippen molar-refractivity contribution in [2.45, 2.75) is 13.3 Å². The second-order valence-corrected chi connectivity index (χ2v) is 5.53. The van der Waals surface area contributed by atoms with Crippen molar-refractivity contribution in [3.63, 3.8) is 0 Å². The molecule has 1 aromatic rings. The Morgan fingerprint density at radius 3 is 2.71 bits per heavy atom. The molecule has 0 aromatic heterocycles. The number of nitrogen functional groups attached to an aromatic ring is 1. The molecule has 0 atom stereocenters. The molecular weight excluding hydrogens is 240 g/mol.